The lowest BCUT2D eigenvalue weighted by Crippen LogP contribution is -2.32. The average molecular weight is 298 g/mol. The van der Waals surface area contributed by atoms with Crippen molar-refractivity contribution in [2.45, 2.75) is 0 Å². The van der Waals surface area contributed by atoms with Crippen molar-refractivity contribution < 1.29 is 4.79 Å². The first-order valence-corrected chi connectivity index (χ1v) is 6.76. The van der Waals surface area contributed by atoms with Crippen molar-refractivity contribution in [2.24, 2.45) is 18.9 Å². The molecule has 1 aromatic rings. The summed E-state index contributed by atoms with van der Waals surface area (Å²) < 4.78 is 2.85. The Labute approximate surface area is 109 Å². The predicted molar refractivity (Wildman–Crippen MR) is 68.9 cm³/mol. The summed E-state index contributed by atoms with van der Waals surface area (Å²) in [7, 11) is 1.91. The molecule has 0 spiro atoms. The van der Waals surface area contributed by atoms with Gasteiger partial charge in [0.1, 0.15) is 5.69 Å². The molecule has 2 atom stereocenters. The molecular weight excluding hydrogens is 282 g/mol. The van der Waals surface area contributed by atoms with E-state index in [1.807, 2.05) is 28.8 Å². The molecule has 3 rings (SSSR count). The molecule has 0 saturated carbocycles. The Kier molecular flexibility index (Phi) is 2.75. The van der Waals surface area contributed by atoms with Crippen molar-refractivity contribution in [1.82, 2.24) is 14.8 Å². The van der Waals surface area contributed by atoms with Gasteiger partial charge in [-0.3, -0.25) is 4.79 Å². The largest absolute Gasteiger partial charge is 0.345 e. The number of carbonyl (C=O) groups excluding carboxylic acids is 1. The van der Waals surface area contributed by atoms with Gasteiger partial charge in [-0.25, -0.2) is 0 Å². The maximum atomic E-state index is 12.4. The van der Waals surface area contributed by atoms with E-state index in [0.29, 0.717) is 11.8 Å². The molecule has 0 radical (unpaired) electrons. The fourth-order valence-corrected chi connectivity index (χ4v) is 3.44. The first-order valence-electron chi connectivity index (χ1n) is 5.97. The summed E-state index contributed by atoms with van der Waals surface area (Å²) in [5.74, 6) is 1.47. The van der Waals surface area contributed by atoms with Crippen LogP contribution >= 0.6 is 15.9 Å². The number of aromatic nitrogens is 1. The second kappa shape index (κ2) is 4.14. The standard InChI is InChI=1S/C12H16BrN3O/c1-15-7-10(13)2-11(15)12(17)16-5-8-3-14-4-9(8)6-16/h2,7-9,14H,3-6H2,1H3. The van der Waals surface area contributed by atoms with Gasteiger partial charge >= 0.3 is 0 Å². The highest BCUT2D eigenvalue weighted by atomic mass is 79.9. The van der Waals surface area contributed by atoms with E-state index in [1.165, 1.54) is 0 Å². The van der Waals surface area contributed by atoms with Gasteiger partial charge in [0, 0.05) is 43.9 Å². The summed E-state index contributed by atoms with van der Waals surface area (Å²) in [6.07, 6.45) is 1.92. The predicted octanol–water partition coefficient (Wildman–Crippen LogP) is 1.08. The molecule has 1 aromatic heterocycles. The zero-order valence-corrected chi connectivity index (χ0v) is 11.4. The molecule has 2 saturated heterocycles. The highest BCUT2D eigenvalue weighted by molar-refractivity contribution is 9.10. The molecular formula is C12H16BrN3O. The summed E-state index contributed by atoms with van der Waals surface area (Å²) in [5, 5.41) is 3.39. The van der Waals surface area contributed by atoms with Crippen LogP contribution in [0.4, 0.5) is 0 Å². The van der Waals surface area contributed by atoms with Crippen molar-refractivity contribution in [1.29, 1.82) is 0 Å². The third-order valence-corrected chi connectivity index (χ3v) is 4.30. The fraction of sp³-hybridized carbons (Fsp3) is 0.583. The second-order valence-corrected chi connectivity index (χ2v) is 5.96. The van der Waals surface area contributed by atoms with E-state index in [1.54, 1.807) is 0 Å². The number of hydrogen-bond donors (Lipinski definition) is 1. The molecule has 0 aliphatic carbocycles. The van der Waals surface area contributed by atoms with E-state index in [4.69, 9.17) is 0 Å². The Morgan fingerprint density at radius 2 is 2.06 bits per heavy atom. The molecule has 0 bridgehead atoms. The van der Waals surface area contributed by atoms with Gasteiger partial charge in [0.25, 0.3) is 5.91 Å². The lowest BCUT2D eigenvalue weighted by atomic mass is 10.0. The number of fused-ring (bicyclic) bond motifs is 1. The van der Waals surface area contributed by atoms with Crippen molar-refractivity contribution in [2.75, 3.05) is 26.2 Å². The van der Waals surface area contributed by atoms with E-state index in [2.05, 4.69) is 21.2 Å². The summed E-state index contributed by atoms with van der Waals surface area (Å²) in [6, 6.07) is 1.90. The van der Waals surface area contributed by atoms with E-state index in [9.17, 15) is 4.79 Å². The van der Waals surface area contributed by atoms with Crippen LogP contribution in [0.3, 0.4) is 0 Å². The summed E-state index contributed by atoms with van der Waals surface area (Å²) >= 11 is 3.41. The van der Waals surface area contributed by atoms with Crippen molar-refractivity contribution in [3.63, 3.8) is 0 Å². The maximum absolute atomic E-state index is 12.4. The molecule has 92 valence electrons. The summed E-state index contributed by atoms with van der Waals surface area (Å²) in [4.78, 5) is 14.4. The first-order chi connectivity index (χ1) is 8.15. The van der Waals surface area contributed by atoms with Gasteiger partial charge in [0.2, 0.25) is 0 Å². The van der Waals surface area contributed by atoms with Gasteiger partial charge in [0.15, 0.2) is 0 Å². The van der Waals surface area contributed by atoms with Crippen molar-refractivity contribution in [3.05, 3.63) is 22.4 Å². The topological polar surface area (TPSA) is 37.3 Å². The van der Waals surface area contributed by atoms with Crippen LogP contribution in [0.15, 0.2) is 16.7 Å². The minimum atomic E-state index is 0.160. The van der Waals surface area contributed by atoms with Crippen molar-refractivity contribution in [3.8, 4) is 0 Å². The number of likely N-dealkylation sites (tertiary alicyclic amines) is 1. The SMILES string of the molecule is Cn1cc(Br)cc1C(=O)N1CC2CNCC2C1. The second-order valence-electron chi connectivity index (χ2n) is 5.04. The molecule has 4 nitrogen and oxygen atoms in total. The van der Waals surface area contributed by atoms with Crippen LogP contribution < -0.4 is 5.32 Å². The van der Waals surface area contributed by atoms with E-state index in [-0.39, 0.29) is 5.91 Å². The molecule has 2 unspecified atom stereocenters. The number of amides is 1. The van der Waals surface area contributed by atoms with Crippen LogP contribution in [-0.4, -0.2) is 41.6 Å². The Morgan fingerprint density at radius 3 is 2.59 bits per heavy atom. The third-order valence-electron chi connectivity index (χ3n) is 3.87. The zero-order valence-electron chi connectivity index (χ0n) is 9.82. The van der Waals surface area contributed by atoms with Crippen LogP contribution in [0.25, 0.3) is 0 Å². The van der Waals surface area contributed by atoms with Gasteiger partial charge in [0.05, 0.1) is 0 Å². The number of carbonyl (C=O) groups is 1. The van der Waals surface area contributed by atoms with E-state index < -0.39 is 0 Å². The van der Waals surface area contributed by atoms with Crippen LogP contribution in [0.1, 0.15) is 10.5 Å². The number of nitrogens with one attached hydrogen (secondary N) is 1. The van der Waals surface area contributed by atoms with Gasteiger partial charge in [-0.15, -0.1) is 0 Å². The Bertz CT molecular complexity index is 445. The summed E-state index contributed by atoms with van der Waals surface area (Å²) in [5.41, 5.74) is 0.768. The van der Waals surface area contributed by atoms with Crippen LogP contribution in [-0.2, 0) is 7.05 Å². The molecule has 1 N–H and O–H groups in total. The lowest BCUT2D eigenvalue weighted by Gasteiger charge is -2.17. The number of hydrogen-bond acceptors (Lipinski definition) is 2. The molecule has 17 heavy (non-hydrogen) atoms. The highest BCUT2D eigenvalue weighted by Crippen LogP contribution is 2.28. The Morgan fingerprint density at radius 1 is 1.41 bits per heavy atom. The van der Waals surface area contributed by atoms with Crippen LogP contribution in [0, 0.1) is 11.8 Å². The molecule has 2 aliphatic rings. The fourth-order valence-electron chi connectivity index (χ4n) is 2.92. The minimum Gasteiger partial charge on any atom is -0.345 e. The number of halogens is 1. The molecule has 2 aliphatic heterocycles. The van der Waals surface area contributed by atoms with Gasteiger partial charge in [-0.05, 0) is 33.8 Å². The monoisotopic (exact) mass is 297 g/mol. The van der Waals surface area contributed by atoms with Gasteiger partial charge in [-0.1, -0.05) is 0 Å². The molecule has 5 heteroatoms. The van der Waals surface area contributed by atoms with E-state index in [0.717, 1.165) is 36.3 Å². The van der Waals surface area contributed by atoms with E-state index >= 15 is 0 Å². The normalized spacial score (nSPS) is 27.5. The minimum absolute atomic E-state index is 0.160. The van der Waals surface area contributed by atoms with Gasteiger partial charge in [-0.2, -0.15) is 0 Å². The Hall–Kier alpha value is -0.810. The van der Waals surface area contributed by atoms with Crippen LogP contribution in [0.2, 0.25) is 0 Å². The maximum Gasteiger partial charge on any atom is 0.270 e. The third kappa shape index (κ3) is 1.91. The Balaban J connectivity index is 1.77. The zero-order chi connectivity index (χ0) is 12.0. The lowest BCUT2D eigenvalue weighted by molar-refractivity contribution is 0.0772. The van der Waals surface area contributed by atoms with Crippen LogP contribution in [0.5, 0.6) is 0 Å². The van der Waals surface area contributed by atoms with Gasteiger partial charge < -0.3 is 14.8 Å². The molecule has 2 fully saturated rings. The molecule has 0 aromatic carbocycles. The number of aryl methyl sites for hydroxylation is 1. The van der Waals surface area contributed by atoms with Crippen molar-refractivity contribution >= 4 is 21.8 Å². The smallest absolute Gasteiger partial charge is 0.270 e. The number of nitrogens with zero attached hydrogens (tertiary/aromatic N) is 2. The highest BCUT2D eigenvalue weighted by Gasteiger charge is 2.38. The first kappa shape index (κ1) is 11.3. The number of rotatable bonds is 1. The molecule has 1 amide bonds. The average Bonchev–Trinajstić information content (AvgIpc) is 2.90. The summed E-state index contributed by atoms with van der Waals surface area (Å²) in [6.45, 7) is 3.93. The quantitative estimate of drug-likeness (QED) is 0.842. The molecule has 3 heterocycles.